The lowest BCUT2D eigenvalue weighted by Crippen LogP contribution is -1.80. The summed E-state index contributed by atoms with van der Waals surface area (Å²) in [5, 5.41) is 0. The van der Waals surface area contributed by atoms with Gasteiger partial charge in [0, 0.05) is 78.0 Å². The largest absolute Gasteiger partial charge is 0.139 e. The van der Waals surface area contributed by atoms with Crippen LogP contribution in [0.25, 0.3) is 68.3 Å². The lowest BCUT2D eigenvalue weighted by molar-refractivity contribution is 0.670. The molecule has 0 N–H and O–H groups in total. The first kappa shape index (κ1) is 36.6. The monoisotopic (exact) mass is 826 g/mol. The minimum atomic E-state index is 1.22. The molecule has 0 aliphatic rings. The Kier molecular flexibility index (Phi) is 12.2. The van der Waals surface area contributed by atoms with Crippen molar-refractivity contribution in [1.82, 2.24) is 0 Å². The fraction of sp³-hybridized carbons (Fsp3) is 0.273. The van der Waals surface area contributed by atoms with Crippen molar-refractivity contribution in [3.63, 3.8) is 0 Å². The van der Waals surface area contributed by atoms with Crippen LogP contribution in [-0.2, 0) is 12.8 Å². The molecule has 0 spiro atoms. The standard InChI is InChI=1S/C44H42S8/c1-3-5-7-9-11-29-13-15-31(45-29)33-17-19-35(47-33)37-21-23-39(49-37)41-25-27-43(51-41)44-28-26-42(52-44)40-24-22-38(50-40)36-20-18-34(48-36)32-16-14-30(46-32)12-10-8-6-4-2/h13-28H,3-12H2,1-2H3. The molecule has 52 heavy (non-hydrogen) atoms. The topological polar surface area (TPSA) is 0 Å². The summed E-state index contributed by atoms with van der Waals surface area (Å²) in [7, 11) is 0. The fourth-order valence-corrected chi connectivity index (χ4v) is 15.1. The molecule has 0 radical (unpaired) electrons. The molecule has 8 heteroatoms. The zero-order valence-corrected chi connectivity index (χ0v) is 36.1. The molecule has 0 unspecified atom stereocenters. The maximum atomic E-state index is 2.34. The van der Waals surface area contributed by atoms with Gasteiger partial charge in [-0.25, -0.2) is 0 Å². The highest BCUT2D eigenvalue weighted by molar-refractivity contribution is 7.31. The number of rotatable bonds is 17. The number of unbranched alkanes of at least 4 members (excludes halogenated alkanes) is 6. The average Bonchev–Trinajstić information content (AvgIpc) is 3.99. The van der Waals surface area contributed by atoms with E-state index in [2.05, 4.69) is 111 Å². The van der Waals surface area contributed by atoms with Crippen LogP contribution in [0.5, 0.6) is 0 Å². The molecular formula is C44H42S8. The third-order valence-corrected chi connectivity index (χ3v) is 19.4. The van der Waals surface area contributed by atoms with Crippen molar-refractivity contribution in [3.8, 4) is 68.3 Å². The van der Waals surface area contributed by atoms with Crippen LogP contribution in [0.1, 0.15) is 75.0 Å². The molecule has 8 aromatic rings. The molecule has 0 atom stereocenters. The number of hydrogen-bond donors (Lipinski definition) is 0. The van der Waals surface area contributed by atoms with E-state index >= 15 is 0 Å². The molecule has 0 nitrogen and oxygen atoms in total. The second-order valence-electron chi connectivity index (χ2n) is 13.1. The first-order chi connectivity index (χ1) is 25.6. The summed E-state index contributed by atoms with van der Waals surface area (Å²) < 4.78 is 0. The molecule has 0 saturated carbocycles. The van der Waals surface area contributed by atoms with Crippen molar-refractivity contribution < 1.29 is 0 Å². The Bertz CT molecular complexity index is 2150. The van der Waals surface area contributed by atoms with Crippen molar-refractivity contribution in [1.29, 1.82) is 0 Å². The van der Waals surface area contributed by atoms with E-state index in [1.54, 1.807) is 0 Å². The highest BCUT2D eigenvalue weighted by Crippen LogP contribution is 2.47. The molecule has 266 valence electrons. The lowest BCUT2D eigenvalue weighted by atomic mass is 10.1. The van der Waals surface area contributed by atoms with Crippen molar-refractivity contribution in [2.45, 2.75) is 78.1 Å². The number of aryl methyl sites for hydroxylation is 2. The van der Waals surface area contributed by atoms with Gasteiger partial charge in [0.25, 0.3) is 0 Å². The second kappa shape index (κ2) is 17.4. The molecule has 8 heterocycles. The van der Waals surface area contributed by atoms with E-state index in [0.717, 1.165) is 0 Å². The average molecular weight is 827 g/mol. The van der Waals surface area contributed by atoms with E-state index in [4.69, 9.17) is 0 Å². The van der Waals surface area contributed by atoms with E-state index in [9.17, 15) is 0 Å². The van der Waals surface area contributed by atoms with Gasteiger partial charge in [-0.3, -0.25) is 0 Å². The fourth-order valence-electron chi connectivity index (χ4n) is 6.36. The Labute approximate surface area is 340 Å². The van der Waals surface area contributed by atoms with Gasteiger partial charge in [0.2, 0.25) is 0 Å². The maximum Gasteiger partial charge on any atom is 0.0449 e. The summed E-state index contributed by atoms with van der Waals surface area (Å²) in [6.07, 6.45) is 13.0. The van der Waals surface area contributed by atoms with Gasteiger partial charge in [-0.05, 0) is 123 Å². The molecule has 0 aliphatic heterocycles. The highest BCUT2D eigenvalue weighted by atomic mass is 32.1. The summed E-state index contributed by atoms with van der Waals surface area (Å²) in [5.74, 6) is 0. The summed E-state index contributed by atoms with van der Waals surface area (Å²) in [4.78, 5) is 22.2. The SMILES string of the molecule is CCCCCCc1ccc(-c2ccc(-c3ccc(-c4ccc(-c5ccc(-c6ccc(-c7ccc(-c8ccc(CCCCCC)s8)s7)s6)s5)s4)s3)s2)s1. The van der Waals surface area contributed by atoms with Gasteiger partial charge < -0.3 is 0 Å². The maximum absolute atomic E-state index is 2.34. The van der Waals surface area contributed by atoms with Crippen molar-refractivity contribution in [2.24, 2.45) is 0 Å². The Morgan fingerprint density at radius 1 is 0.250 bits per heavy atom. The Morgan fingerprint density at radius 2 is 0.462 bits per heavy atom. The van der Waals surface area contributed by atoms with Crippen molar-refractivity contribution in [3.05, 3.63) is 107 Å². The van der Waals surface area contributed by atoms with E-state index < -0.39 is 0 Å². The van der Waals surface area contributed by atoms with Gasteiger partial charge in [-0.2, -0.15) is 0 Å². The number of hydrogen-bond acceptors (Lipinski definition) is 8. The van der Waals surface area contributed by atoms with Gasteiger partial charge in [-0.1, -0.05) is 52.4 Å². The molecule has 0 aliphatic carbocycles. The van der Waals surface area contributed by atoms with Gasteiger partial charge in [-0.15, -0.1) is 90.7 Å². The number of thiophene rings is 8. The van der Waals surface area contributed by atoms with E-state index in [1.165, 1.54) is 142 Å². The van der Waals surface area contributed by atoms with Crippen LogP contribution in [0.2, 0.25) is 0 Å². The quantitative estimate of drug-likeness (QED) is 0.0802. The molecule has 0 aromatic carbocycles. The van der Waals surface area contributed by atoms with Crippen LogP contribution in [0, 0.1) is 0 Å². The molecule has 8 aromatic heterocycles. The van der Waals surface area contributed by atoms with Crippen LogP contribution < -0.4 is 0 Å². The minimum Gasteiger partial charge on any atom is -0.139 e. The van der Waals surface area contributed by atoms with Crippen LogP contribution in [0.15, 0.2) is 97.1 Å². The Balaban J connectivity index is 0.900. The predicted octanol–water partition coefficient (Wildman–Crippen LogP) is 18.1. The lowest BCUT2D eigenvalue weighted by Gasteiger charge is -1.96. The van der Waals surface area contributed by atoms with E-state index in [1.807, 2.05) is 90.7 Å². The third-order valence-electron chi connectivity index (χ3n) is 9.21. The summed E-state index contributed by atoms with van der Waals surface area (Å²) in [5.41, 5.74) is 0. The molecule has 8 rings (SSSR count). The molecular weight excluding hydrogens is 785 g/mol. The van der Waals surface area contributed by atoms with Crippen LogP contribution in [-0.4, -0.2) is 0 Å². The van der Waals surface area contributed by atoms with Gasteiger partial charge in [0.15, 0.2) is 0 Å². The first-order valence-electron chi connectivity index (χ1n) is 18.4. The molecule has 0 fully saturated rings. The van der Waals surface area contributed by atoms with Crippen LogP contribution in [0.4, 0.5) is 0 Å². The Morgan fingerprint density at radius 3 is 0.692 bits per heavy atom. The van der Waals surface area contributed by atoms with Crippen molar-refractivity contribution in [2.75, 3.05) is 0 Å². The summed E-state index contributed by atoms with van der Waals surface area (Å²) >= 11 is 15.5. The molecule has 0 amide bonds. The Hall–Kier alpha value is -2.40. The zero-order chi connectivity index (χ0) is 35.3. The van der Waals surface area contributed by atoms with Crippen LogP contribution in [0.3, 0.4) is 0 Å². The van der Waals surface area contributed by atoms with E-state index in [-0.39, 0.29) is 0 Å². The summed E-state index contributed by atoms with van der Waals surface area (Å²) in [6, 6.07) is 37.1. The molecule has 0 bridgehead atoms. The van der Waals surface area contributed by atoms with Crippen molar-refractivity contribution >= 4 is 90.7 Å². The van der Waals surface area contributed by atoms with Crippen LogP contribution >= 0.6 is 90.7 Å². The minimum absolute atomic E-state index is 1.22. The highest BCUT2D eigenvalue weighted by Gasteiger charge is 2.15. The van der Waals surface area contributed by atoms with E-state index in [0.29, 0.717) is 0 Å². The normalized spacial score (nSPS) is 11.7. The first-order valence-corrected chi connectivity index (χ1v) is 25.0. The zero-order valence-electron chi connectivity index (χ0n) is 29.6. The summed E-state index contributed by atoms with van der Waals surface area (Å²) in [6.45, 7) is 4.56. The van der Waals surface area contributed by atoms with Gasteiger partial charge in [0.1, 0.15) is 0 Å². The third kappa shape index (κ3) is 8.61. The van der Waals surface area contributed by atoms with Gasteiger partial charge >= 0.3 is 0 Å². The second-order valence-corrected chi connectivity index (χ2v) is 22.0. The molecule has 0 saturated heterocycles. The predicted molar refractivity (Wildman–Crippen MR) is 243 cm³/mol. The van der Waals surface area contributed by atoms with Gasteiger partial charge in [0.05, 0.1) is 0 Å². The smallest absolute Gasteiger partial charge is 0.0449 e.